The van der Waals surface area contributed by atoms with E-state index >= 15 is 0 Å². The lowest BCUT2D eigenvalue weighted by atomic mass is 10.2. The number of H-pyrrole nitrogens is 1. The van der Waals surface area contributed by atoms with Crippen molar-refractivity contribution in [1.29, 1.82) is 0 Å². The summed E-state index contributed by atoms with van der Waals surface area (Å²) >= 11 is 2.87. The third-order valence-electron chi connectivity index (χ3n) is 1.96. The zero-order chi connectivity index (χ0) is 11.2. The lowest BCUT2D eigenvalue weighted by Gasteiger charge is -2.01. The van der Waals surface area contributed by atoms with Crippen LogP contribution in [0.2, 0.25) is 0 Å². The van der Waals surface area contributed by atoms with Gasteiger partial charge in [-0.25, -0.2) is 13.2 Å². The first-order valence-electron chi connectivity index (χ1n) is 3.86. The van der Waals surface area contributed by atoms with Gasteiger partial charge in [0.05, 0.1) is 15.4 Å². The molecule has 15 heavy (non-hydrogen) atoms. The molecular formula is C9H3BrF3NO. The highest BCUT2D eigenvalue weighted by Crippen LogP contribution is 2.20. The van der Waals surface area contributed by atoms with Crippen LogP contribution >= 0.6 is 15.9 Å². The smallest absolute Gasteiger partial charge is 0.206 e. The van der Waals surface area contributed by atoms with E-state index in [1.807, 2.05) is 0 Å². The molecule has 2 rings (SSSR count). The molecule has 1 aromatic heterocycles. The van der Waals surface area contributed by atoms with Crippen molar-refractivity contribution in [3.8, 4) is 0 Å². The molecule has 0 saturated heterocycles. The van der Waals surface area contributed by atoms with Crippen LogP contribution in [0.4, 0.5) is 13.2 Å². The van der Waals surface area contributed by atoms with Gasteiger partial charge in [-0.2, -0.15) is 0 Å². The van der Waals surface area contributed by atoms with Crippen molar-refractivity contribution in [1.82, 2.24) is 4.98 Å². The van der Waals surface area contributed by atoms with Crippen molar-refractivity contribution < 1.29 is 13.2 Å². The number of aromatic amines is 1. The van der Waals surface area contributed by atoms with Crippen LogP contribution in [0.3, 0.4) is 0 Å². The molecule has 0 aliphatic heterocycles. The molecule has 0 spiro atoms. The average Bonchev–Trinajstić information content (AvgIpc) is 2.20. The van der Waals surface area contributed by atoms with E-state index in [4.69, 9.17) is 0 Å². The quantitative estimate of drug-likeness (QED) is 0.738. The Morgan fingerprint density at radius 2 is 1.87 bits per heavy atom. The Hall–Kier alpha value is -1.30. The molecule has 0 bridgehead atoms. The normalized spacial score (nSPS) is 10.9. The van der Waals surface area contributed by atoms with E-state index < -0.39 is 28.3 Å². The lowest BCUT2D eigenvalue weighted by molar-refractivity contribution is 0.453. The summed E-state index contributed by atoms with van der Waals surface area (Å²) in [5, 5.41) is -0.497. The molecule has 2 nitrogen and oxygen atoms in total. The fraction of sp³-hybridized carbons (Fsp3) is 0. The maximum atomic E-state index is 13.2. The molecule has 0 unspecified atom stereocenters. The fourth-order valence-corrected chi connectivity index (χ4v) is 1.57. The predicted molar refractivity (Wildman–Crippen MR) is 52.1 cm³/mol. The van der Waals surface area contributed by atoms with Crippen molar-refractivity contribution in [3.05, 3.63) is 44.4 Å². The highest BCUT2D eigenvalue weighted by Gasteiger charge is 2.16. The van der Waals surface area contributed by atoms with Crippen molar-refractivity contribution in [3.63, 3.8) is 0 Å². The first-order chi connectivity index (χ1) is 7.02. The molecule has 0 aliphatic rings. The van der Waals surface area contributed by atoms with Crippen LogP contribution in [0.25, 0.3) is 10.9 Å². The van der Waals surface area contributed by atoms with Gasteiger partial charge in [0.25, 0.3) is 0 Å². The van der Waals surface area contributed by atoms with E-state index in [-0.39, 0.29) is 9.99 Å². The summed E-state index contributed by atoms with van der Waals surface area (Å²) in [6, 6.07) is 0.738. The highest BCUT2D eigenvalue weighted by atomic mass is 79.9. The molecule has 1 N–H and O–H groups in total. The van der Waals surface area contributed by atoms with Crippen LogP contribution < -0.4 is 5.43 Å². The number of nitrogens with one attached hydrogen (secondary N) is 1. The molecule has 0 fully saturated rings. The van der Waals surface area contributed by atoms with Crippen molar-refractivity contribution >= 4 is 26.8 Å². The molecule has 0 radical (unpaired) electrons. The topological polar surface area (TPSA) is 32.9 Å². The molecule has 6 heteroatoms. The Morgan fingerprint density at radius 1 is 1.20 bits per heavy atom. The van der Waals surface area contributed by atoms with E-state index in [0.29, 0.717) is 0 Å². The van der Waals surface area contributed by atoms with Crippen LogP contribution in [-0.4, -0.2) is 4.98 Å². The number of hydrogen-bond acceptors (Lipinski definition) is 1. The van der Waals surface area contributed by atoms with E-state index in [0.717, 1.165) is 6.07 Å². The van der Waals surface area contributed by atoms with Crippen LogP contribution in [0.1, 0.15) is 0 Å². The Morgan fingerprint density at radius 3 is 2.53 bits per heavy atom. The second-order valence-corrected chi connectivity index (χ2v) is 3.73. The number of rotatable bonds is 0. The van der Waals surface area contributed by atoms with Gasteiger partial charge in [0.1, 0.15) is 0 Å². The van der Waals surface area contributed by atoms with Crippen LogP contribution in [-0.2, 0) is 0 Å². The minimum Gasteiger partial charge on any atom is -0.360 e. The fourth-order valence-electron chi connectivity index (χ4n) is 1.26. The van der Waals surface area contributed by atoms with Crippen molar-refractivity contribution in [2.45, 2.75) is 0 Å². The maximum absolute atomic E-state index is 13.2. The minimum absolute atomic E-state index is 0.0555. The molecular weight excluding hydrogens is 275 g/mol. The molecule has 2 aromatic rings. The molecule has 78 valence electrons. The van der Waals surface area contributed by atoms with Crippen LogP contribution in [0.15, 0.2) is 21.5 Å². The van der Waals surface area contributed by atoms with Gasteiger partial charge >= 0.3 is 0 Å². The lowest BCUT2D eigenvalue weighted by Crippen LogP contribution is -2.08. The summed E-state index contributed by atoms with van der Waals surface area (Å²) in [5.41, 5.74) is -0.806. The average molecular weight is 278 g/mol. The number of fused-ring (bicyclic) bond motifs is 1. The largest absolute Gasteiger partial charge is 0.360 e. The van der Waals surface area contributed by atoms with Gasteiger partial charge in [-0.1, -0.05) is 0 Å². The Labute approximate surface area is 89.9 Å². The van der Waals surface area contributed by atoms with Gasteiger partial charge in [-0.05, 0) is 15.9 Å². The number of pyridine rings is 1. The third-order valence-corrected chi connectivity index (χ3v) is 2.55. The van der Waals surface area contributed by atoms with Crippen molar-refractivity contribution in [2.75, 3.05) is 0 Å². The van der Waals surface area contributed by atoms with Gasteiger partial charge in [-0.15, -0.1) is 0 Å². The van der Waals surface area contributed by atoms with E-state index in [1.54, 1.807) is 0 Å². The monoisotopic (exact) mass is 277 g/mol. The van der Waals surface area contributed by atoms with Gasteiger partial charge in [0, 0.05) is 12.3 Å². The van der Waals surface area contributed by atoms with Gasteiger partial charge in [-0.3, -0.25) is 4.79 Å². The summed E-state index contributed by atoms with van der Waals surface area (Å²) in [5.74, 6) is -4.46. The third kappa shape index (κ3) is 1.45. The molecule has 0 atom stereocenters. The zero-order valence-electron chi connectivity index (χ0n) is 7.07. The standard InChI is InChI=1S/C9H3BrF3NO/c10-3-2-14-5-1-4(11)7(12)8(13)6(5)9(3)15/h1-2H,(H,14,15). The maximum Gasteiger partial charge on any atom is 0.206 e. The summed E-state index contributed by atoms with van der Waals surface area (Å²) in [6.45, 7) is 0. The zero-order valence-corrected chi connectivity index (χ0v) is 8.66. The first-order valence-corrected chi connectivity index (χ1v) is 4.66. The molecule has 1 aromatic carbocycles. The van der Waals surface area contributed by atoms with Gasteiger partial charge < -0.3 is 4.98 Å². The van der Waals surface area contributed by atoms with Crippen LogP contribution in [0.5, 0.6) is 0 Å². The number of hydrogen-bond donors (Lipinski definition) is 1. The number of halogens is 4. The molecule has 0 saturated carbocycles. The summed E-state index contributed by atoms with van der Waals surface area (Å²) in [4.78, 5) is 13.9. The first kappa shape index (κ1) is 10.2. The molecule has 1 heterocycles. The Kier molecular flexibility index (Phi) is 2.30. The van der Waals surface area contributed by atoms with E-state index in [1.165, 1.54) is 6.20 Å². The van der Waals surface area contributed by atoms with E-state index in [9.17, 15) is 18.0 Å². The molecule has 0 aliphatic carbocycles. The number of benzene rings is 1. The molecule has 0 amide bonds. The summed E-state index contributed by atoms with van der Waals surface area (Å²) in [6.07, 6.45) is 1.24. The number of aromatic nitrogens is 1. The Bertz CT molecular complexity index is 608. The van der Waals surface area contributed by atoms with Crippen molar-refractivity contribution in [2.24, 2.45) is 0 Å². The highest BCUT2D eigenvalue weighted by molar-refractivity contribution is 9.10. The van der Waals surface area contributed by atoms with Gasteiger partial charge in [0.2, 0.25) is 5.43 Å². The summed E-state index contributed by atoms with van der Waals surface area (Å²) < 4.78 is 38.9. The second-order valence-electron chi connectivity index (χ2n) is 2.87. The second kappa shape index (κ2) is 3.37. The summed E-state index contributed by atoms with van der Waals surface area (Å²) in [7, 11) is 0. The minimum atomic E-state index is -1.65. The van der Waals surface area contributed by atoms with Crippen LogP contribution in [0, 0.1) is 17.5 Å². The predicted octanol–water partition coefficient (Wildman–Crippen LogP) is 2.71. The van der Waals surface area contributed by atoms with E-state index in [2.05, 4.69) is 20.9 Å². The van der Waals surface area contributed by atoms with Gasteiger partial charge in [0.15, 0.2) is 17.5 Å². The SMILES string of the molecule is O=c1c(Br)c[nH]c2cc(F)c(F)c(F)c12. The Balaban J connectivity index is 3.07.